The molecule has 1 N–H and O–H groups in total. The Balaban J connectivity index is 1.76. The number of aromatic nitrogens is 2. The summed E-state index contributed by atoms with van der Waals surface area (Å²) in [5.41, 5.74) is 2.37. The molecule has 0 radical (unpaired) electrons. The van der Waals surface area contributed by atoms with E-state index in [0.717, 1.165) is 25.1 Å². The van der Waals surface area contributed by atoms with E-state index < -0.39 is 0 Å². The van der Waals surface area contributed by atoms with Crippen molar-refractivity contribution in [3.05, 3.63) is 51.8 Å². The first-order chi connectivity index (χ1) is 8.65. The number of aryl methyl sites for hydroxylation is 1. The molecule has 18 heavy (non-hydrogen) atoms. The van der Waals surface area contributed by atoms with Crippen LogP contribution in [0.5, 0.6) is 0 Å². The lowest BCUT2D eigenvalue weighted by molar-refractivity contribution is 0.686. The van der Waals surface area contributed by atoms with Gasteiger partial charge in [0, 0.05) is 19.8 Å². The molecule has 2 rings (SSSR count). The maximum atomic E-state index is 5.95. The molecule has 5 heteroatoms. The second-order valence-corrected chi connectivity index (χ2v) is 5.01. The number of benzene rings is 1. The van der Waals surface area contributed by atoms with Gasteiger partial charge in [0.2, 0.25) is 0 Å². The molecule has 0 unspecified atom stereocenters. The third-order valence-electron chi connectivity index (χ3n) is 2.66. The first kappa shape index (κ1) is 13.4. The molecular weight excluding hydrogens is 269 g/mol. The van der Waals surface area contributed by atoms with Crippen LogP contribution in [0.15, 0.2) is 30.6 Å². The standard InChI is InChI=1S/C13H15Cl2N3/c1-18-9-11(8-17-18)4-5-16-7-10-2-3-12(14)13(15)6-10/h2-3,6,8-9,16H,4-5,7H2,1H3. The SMILES string of the molecule is Cn1cc(CCNCc2ccc(Cl)c(Cl)c2)cn1. The zero-order valence-corrected chi connectivity index (χ0v) is 11.7. The summed E-state index contributed by atoms with van der Waals surface area (Å²) in [5.74, 6) is 0. The van der Waals surface area contributed by atoms with Crippen LogP contribution in [0.1, 0.15) is 11.1 Å². The van der Waals surface area contributed by atoms with Crippen LogP contribution in [0.2, 0.25) is 10.0 Å². The van der Waals surface area contributed by atoms with Crippen molar-refractivity contribution in [1.29, 1.82) is 0 Å². The Labute approximate surface area is 117 Å². The van der Waals surface area contributed by atoms with Crippen molar-refractivity contribution in [2.24, 2.45) is 7.05 Å². The molecule has 0 amide bonds. The van der Waals surface area contributed by atoms with Gasteiger partial charge >= 0.3 is 0 Å². The van der Waals surface area contributed by atoms with Gasteiger partial charge in [-0.3, -0.25) is 4.68 Å². The average Bonchev–Trinajstić information content (AvgIpc) is 2.75. The number of nitrogens with one attached hydrogen (secondary N) is 1. The van der Waals surface area contributed by atoms with E-state index in [4.69, 9.17) is 23.2 Å². The van der Waals surface area contributed by atoms with Crippen LogP contribution < -0.4 is 5.32 Å². The number of rotatable bonds is 5. The lowest BCUT2D eigenvalue weighted by atomic mass is 10.2. The highest BCUT2D eigenvalue weighted by Gasteiger charge is 2.00. The van der Waals surface area contributed by atoms with Crippen molar-refractivity contribution in [1.82, 2.24) is 15.1 Å². The summed E-state index contributed by atoms with van der Waals surface area (Å²) in [5, 5.41) is 8.69. The van der Waals surface area contributed by atoms with Crippen molar-refractivity contribution in [3.8, 4) is 0 Å². The Morgan fingerprint density at radius 3 is 2.72 bits per heavy atom. The van der Waals surface area contributed by atoms with Crippen molar-refractivity contribution in [2.75, 3.05) is 6.54 Å². The second-order valence-electron chi connectivity index (χ2n) is 4.20. The minimum absolute atomic E-state index is 0.593. The summed E-state index contributed by atoms with van der Waals surface area (Å²) in [4.78, 5) is 0. The third kappa shape index (κ3) is 3.73. The van der Waals surface area contributed by atoms with Gasteiger partial charge in [0.05, 0.1) is 16.2 Å². The van der Waals surface area contributed by atoms with Crippen LogP contribution in [0.25, 0.3) is 0 Å². The van der Waals surface area contributed by atoms with Crippen LogP contribution in [0, 0.1) is 0 Å². The summed E-state index contributed by atoms with van der Waals surface area (Å²) in [6.07, 6.45) is 4.89. The normalized spacial score (nSPS) is 10.8. The smallest absolute Gasteiger partial charge is 0.0595 e. The van der Waals surface area contributed by atoms with Gasteiger partial charge < -0.3 is 5.32 Å². The minimum atomic E-state index is 0.593. The predicted molar refractivity (Wildman–Crippen MR) is 75.1 cm³/mol. The Kier molecular flexibility index (Phi) is 4.64. The molecule has 96 valence electrons. The quantitative estimate of drug-likeness (QED) is 0.855. The van der Waals surface area contributed by atoms with Crippen LogP contribution in [0.4, 0.5) is 0 Å². The van der Waals surface area contributed by atoms with E-state index in [1.165, 1.54) is 5.56 Å². The molecule has 0 saturated heterocycles. The number of hydrogen-bond acceptors (Lipinski definition) is 2. The third-order valence-corrected chi connectivity index (χ3v) is 3.40. The van der Waals surface area contributed by atoms with Crippen molar-refractivity contribution in [3.63, 3.8) is 0 Å². The summed E-state index contributed by atoms with van der Waals surface area (Å²) in [6, 6.07) is 5.69. The monoisotopic (exact) mass is 283 g/mol. The Morgan fingerprint density at radius 1 is 1.22 bits per heavy atom. The molecule has 0 aliphatic heterocycles. The molecule has 0 aliphatic carbocycles. The summed E-state index contributed by atoms with van der Waals surface area (Å²) in [6.45, 7) is 1.70. The first-order valence-electron chi connectivity index (χ1n) is 5.77. The first-order valence-corrected chi connectivity index (χ1v) is 6.53. The molecule has 0 atom stereocenters. The highest BCUT2D eigenvalue weighted by atomic mass is 35.5. The summed E-state index contributed by atoms with van der Waals surface area (Å²) in [7, 11) is 1.92. The number of hydrogen-bond donors (Lipinski definition) is 1. The van der Waals surface area contributed by atoms with Gasteiger partial charge in [-0.2, -0.15) is 5.10 Å². The van der Waals surface area contributed by atoms with Gasteiger partial charge in [0.1, 0.15) is 0 Å². The van der Waals surface area contributed by atoms with E-state index in [0.29, 0.717) is 10.0 Å². The van der Waals surface area contributed by atoms with E-state index in [-0.39, 0.29) is 0 Å². The van der Waals surface area contributed by atoms with E-state index in [9.17, 15) is 0 Å². The van der Waals surface area contributed by atoms with E-state index in [1.807, 2.05) is 42.3 Å². The zero-order valence-electron chi connectivity index (χ0n) is 10.2. The molecule has 2 aromatic rings. The van der Waals surface area contributed by atoms with Crippen molar-refractivity contribution >= 4 is 23.2 Å². The predicted octanol–water partition coefficient (Wildman–Crippen LogP) is 3.06. The van der Waals surface area contributed by atoms with Gasteiger partial charge in [0.15, 0.2) is 0 Å². The van der Waals surface area contributed by atoms with Crippen LogP contribution in [0.3, 0.4) is 0 Å². The van der Waals surface area contributed by atoms with E-state index in [1.54, 1.807) is 0 Å². The van der Waals surface area contributed by atoms with E-state index >= 15 is 0 Å². The molecular formula is C13H15Cl2N3. The molecule has 0 saturated carbocycles. The molecule has 1 heterocycles. The molecule has 3 nitrogen and oxygen atoms in total. The zero-order chi connectivity index (χ0) is 13.0. The molecule has 0 bridgehead atoms. The molecule has 1 aromatic carbocycles. The van der Waals surface area contributed by atoms with Gasteiger partial charge in [0.25, 0.3) is 0 Å². The lowest BCUT2D eigenvalue weighted by Gasteiger charge is -2.05. The Bertz CT molecular complexity index is 523. The van der Waals surface area contributed by atoms with Crippen LogP contribution >= 0.6 is 23.2 Å². The lowest BCUT2D eigenvalue weighted by Crippen LogP contribution is -2.16. The number of nitrogens with zero attached hydrogens (tertiary/aromatic N) is 2. The highest BCUT2D eigenvalue weighted by molar-refractivity contribution is 6.42. The fourth-order valence-corrected chi connectivity index (χ4v) is 2.04. The summed E-state index contributed by atoms with van der Waals surface area (Å²) >= 11 is 11.8. The molecule has 0 spiro atoms. The van der Waals surface area contributed by atoms with Crippen molar-refractivity contribution < 1.29 is 0 Å². The highest BCUT2D eigenvalue weighted by Crippen LogP contribution is 2.22. The maximum absolute atomic E-state index is 5.95. The Morgan fingerprint density at radius 2 is 2.06 bits per heavy atom. The average molecular weight is 284 g/mol. The minimum Gasteiger partial charge on any atom is -0.312 e. The second kappa shape index (κ2) is 6.23. The largest absolute Gasteiger partial charge is 0.312 e. The van der Waals surface area contributed by atoms with Crippen LogP contribution in [-0.2, 0) is 20.0 Å². The maximum Gasteiger partial charge on any atom is 0.0595 e. The van der Waals surface area contributed by atoms with Gasteiger partial charge in [-0.05, 0) is 36.2 Å². The topological polar surface area (TPSA) is 29.9 Å². The van der Waals surface area contributed by atoms with Gasteiger partial charge in [-0.1, -0.05) is 29.3 Å². The number of halogens is 2. The molecule has 1 aromatic heterocycles. The van der Waals surface area contributed by atoms with Crippen LogP contribution in [-0.4, -0.2) is 16.3 Å². The van der Waals surface area contributed by atoms with Gasteiger partial charge in [-0.15, -0.1) is 0 Å². The van der Waals surface area contributed by atoms with Crippen molar-refractivity contribution in [2.45, 2.75) is 13.0 Å². The van der Waals surface area contributed by atoms with Gasteiger partial charge in [-0.25, -0.2) is 0 Å². The molecule has 0 fully saturated rings. The summed E-state index contributed by atoms with van der Waals surface area (Å²) < 4.78 is 1.81. The fourth-order valence-electron chi connectivity index (χ4n) is 1.72. The van der Waals surface area contributed by atoms with E-state index in [2.05, 4.69) is 10.4 Å². The molecule has 0 aliphatic rings. The Hall–Kier alpha value is -1.03. The fraction of sp³-hybridized carbons (Fsp3) is 0.308.